The standard InChI is InChI=1S/C23H24N2O2/c1-26-22-9-5-7-18(23(22)27-2)15-24-19-12-13-21-17(14-19)11-10-16-6-3-4-8-20(16)25-21/h3-9,12-14,24-25H,10-11,15H2,1-2H3. The summed E-state index contributed by atoms with van der Waals surface area (Å²) in [5, 5.41) is 7.09. The van der Waals surface area contributed by atoms with E-state index in [4.69, 9.17) is 9.47 Å². The molecule has 138 valence electrons. The summed E-state index contributed by atoms with van der Waals surface area (Å²) in [6.07, 6.45) is 2.07. The molecule has 1 aliphatic heterocycles. The fraction of sp³-hybridized carbons (Fsp3) is 0.217. The minimum atomic E-state index is 0.673. The fourth-order valence-corrected chi connectivity index (χ4v) is 3.60. The van der Waals surface area contributed by atoms with Gasteiger partial charge in [-0.1, -0.05) is 30.3 Å². The Labute approximate surface area is 160 Å². The number of para-hydroxylation sites is 2. The maximum atomic E-state index is 5.52. The van der Waals surface area contributed by atoms with Gasteiger partial charge < -0.3 is 20.1 Å². The molecule has 4 heteroatoms. The number of fused-ring (bicyclic) bond motifs is 2. The molecule has 27 heavy (non-hydrogen) atoms. The molecule has 0 saturated carbocycles. The highest BCUT2D eigenvalue weighted by Crippen LogP contribution is 2.33. The quantitative estimate of drug-likeness (QED) is 0.660. The summed E-state index contributed by atoms with van der Waals surface area (Å²) in [7, 11) is 3.33. The molecule has 0 saturated heterocycles. The lowest BCUT2D eigenvalue weighted by molar-refractivity contribution is 0.352. The minimum Gasteiger partial charge on any atom is -0.493 e. The number of ether oxygens (including phenoxy) is 2. The molecule has 1 heterocycles. The average Bonchev–Trinajstić information content (AvgIpc) is 2.90. The van der Waals surface area contributed by atoms with Gasteiger partial charge in [0.05, 0.1) is 14.2 Å². The van der Waals surface area contributed by atoms with Crippen LogP contribution in [0, 0.1) is 0 Å². The summed E-state index contributed by atoms with van der Waals surface area (Å²) < 4.78 is 10.9. The third-order valence-corrected chi connectivity index (χ3v) is 5.02. The zero-order chi connectivity index (χ0) is 18.6. The van der Waals surface area contributed by atoms with Crippen LogP contribution < -0.4 is 20.1 Å². The van der Waals surface area contributed by atoms with E-state index in [1.807, 2.05) is 12.1 Å². The van der Waals surface area contributed by atoms with Crippen LogP contribution in [-0.4, -0.2) is 14.2 Å². The van der Waals surface area contributed by atoms with Crippen molar-refractivity contribution in [2.24, 2.45) is 0 Å². The Morgan fingerprint density at radius 3 is 2.52 bits per heavy atom. The second-order valence-electron chi connectivity index (χ2n) is 6.66. The van der Waals surface area contributed by atoms with Gasteiger partial charge in [-0.25, -0.2) is 0 Å². The molecule has 0 unspecified atom stereocenters. The van der Waals surface area contributed by atoms with E-state index in [1.165, 1.54) is 22.5 Å². The van der Waals surface area contributed by atoms with Crippen molar-refractivity contribution in [1.82, 2.24) is 0 Å². The summed E-state index contributed by atoms with van der Waals surface area (Å²) in [6, 6.07) is 21.0. The van der Waals surface area contributed by atoms with Gasteiger partial charge in [-0.3, -0.25) is 0 Å². The lowest BCUT2D eigenvalue weighted by Gasteiger charge is -2.15. The van der Waals surface area contributed by atoms with Gasteiger partial charge in [-0.15, -0.1) is 0 Å². The molecule has 4 rings (SSSR count). The third-order valence-electron chi connectivity index (χ3n) is 5.02. The average molecular weight is 360 g/mol. The van der Waals surface area contributed by atoms with Crippen LogP contribution in [0.5, 0.6) is 11.5 Å². The van der Waals surface area contributed by atoms with Crippen molar-refractivity contribution in [3.05, 3.63) is 77.4 Å². The van der Waals surface area contributed by atoms with Crippen LogP contribution >= 0.6 is 0 Å². The predicted molar refractivity (Wildman–Crippen MR) is 110 cm³/mol. The Morgan fingerprint density at radius 2 is 1.67 bits per heavy atom. The normalized spacial score (nSPS) is 12.2. The number of anilines is 3. The number of methoxy groups -OCH3 is 2. The molecule has 0 aliphatic carbocycles. The van der Waals surface area contributed by atoms with Crippen LogP contribution in [-0.2, 0) is 19.4 Å². The first kappa shape index (κ1) is 17.3. The summed E-state index contributed by atoms with van der Waals surface area (Å²) >= 11 is 0. The molecule has 3 aromatic rings. The van der Waals surface area contributed by atoms with E-state index in [0.717, 1.165) is 35.6 Å². The maximum Gasteiger partial charge on any atom is 0.165 e. The highest BCUT2D eigenvalue weighted by atomic mass is 16.5. The maximum absolute atomic E-state index is 5.52. The molecule has 4 nitrogen and oxygen atoms in total. The van der Waals surface area contributed by atoms with Gasteiger partial charge in [0, 0.05) is 29.2 Å². The van der Waals surface area contributed by atoms with Crippen LogP contribution in [0.1, 0.15) is 16.7 Å². The topological polar surface area (TPSA) is 42.5 Å². The van der Waals surface area contributed by atoms with Crippen LogP contribution in [0.3, 0.4) is 0 Å². The molecule has 0 bridgehead atoms. The molecule has 0 spiro atoms. The number of hydrogen-bond donors (Lipinski definition) is 2. The van der Waals surface area contributed by atoms with Gasteiger partial charge in [-0.2, -0.15) is 0 Å². The smallest absolute Gasteiger partial charge is 0.165 e. The predicted octanol–water partition coefficient (Wildman–Crippen LogP) is 5.16. The summed E-state index contributed by atoms with van der Waals surface area (Å²) in [6.45, 7) is 0.673. The van der Waals surface area contributed by atoms with E-state index in [2.05, 4.69) is 59.2 Å². The largest absolute Gasteiger partial charge is 0.493 e. The monoisotopic (exact) mass is 360 g/mol. The van der Waals surface area contributed by atoms with E-state index in [1.54, 1.807) is 14.2 Å². The van der Waals surface area contributed by atoms with Crippen molar-refractivity contribution in [1.29, 1.82) is 0 Å². The molecule has 0 aromatic heterocycles. The zero-order valence-electron chi connectivity index (χ0n) is 15.7. The SMILES string of the molecule is COc1cccc(CNc2ccc3c(c2)CCc2ccccc2N3)c1OC. The van der Waals surface area contributed by atoms with E-state index in [-0.39, 0.29) is 0 Å². The molecule has 3 aromatic carbocycles. The second-order valence-corrected chi connectivity index (χ2v) is 6.66. The molecule has 2 N–H and O–H groups in total. The zero-order valence-corrected chi connectivity index (χ0v) is 15.7. The van der Waals surface area contributed by atoms with Crippen LogP contribution in [0.25, 0.3) is 0 Å². The molecule has 0 amide bonds. The van der Waals surface area contributed by atoms with E-state index >= 15 is 0 Å². The van der Waals surface area contributed by atoms with Crippen molar-refractivity contribution in [2.45, 2.75) is 19.4 Å². The van der Waals surface area contributed by atoms with Crippen LogP contribution in [0.15, 0.2) is 60.7 Å². The first-order valence-electron chi connectivity index (χ1n) is 9.20. The number of hydrogen-bond acceptors (Lipinski definition) is 4. The molecular formula is C23H24N2O2. The number of nitrogens with one attached hydrogen (secondary N) is 2. The fourth-order valence-electron chi connectivity index (χ4n) is 3.60. The van der Waals surface area contributed by atoms with Gasteiger partial charge in [0.2, 0.25) is 0 Å². The van der Waals surface area contributed by atoms with Crippen LogP contribution in [0.4, 0.5) is 17.1 Å². The molecule has 0 fully saturated rings. The van der Waals surface area contributed by atoms with Gasteiger partial charge >= 0.3 is 0 Å². The molecule has 0 atom stereocenters. The Bertz CT molecular complexity index is 953. The first-order chi connectivity index (χ1) is 13.3. The first-order valence-corrected chi connectivity index (χ1v) is 9.20. The van der Waals surface area contributed by atoms with Crippen molar-refractivity contribution >= 4 is 17.1 Å². The van der Waals surface area contributed by atoms with Gasteiger partial charge in [0.25, 0.3) is 0 Å². The number of aryl methyl sites for hydroxylation is 2. The van der Waals surface area contributed by atoms with Crippen molar-refractivity contribution < 1.29 is 9.47 Å². The van der Waals surface area contributed by atoms with E-state index in [0.29, 0.717) is 6.54 Å². The highest BCUT2D eigenvalue weighted by molar-refractivity contribution is 5.70. The summed E-state index contributed by atoms with van der Waals surface area (Å²) in [5.74, 6) is 1.53. The van der Waals surface area contributed by atoms with Gasteiger partial charge in [-0.05, 0) is 54.3 Å². The molecular weight excluding hydrogens is 336 g/mol. The third kappa shape index (κ3) is 3.56. The summed E-state index contributed by atoms with van der Waals surface area (Å²) in [4.78, 5) is 0. The lowest BCUT2D eigenvalue weighted by atomic mass is 10.0. The van der Waals surface area contributed by atoms with Gasteiger partial charge in [0.1, 0.15) is 0 Å². The van der Waals surface area contributed by atoms with Gasteiger partial charge in [0.15, 0.2) is 11.5 Å². The number of rotatable bonds is 5. The molecule has 1 aliphatic rings. The van der Waals surface area contributed by atoms with Crippen molar-refractivity contribution in [3.63, 3.8) is 0 Å². The Balaban J connectivity index is 1.52. The molecule has 0 radical (unpaired) electrons. The number of benzene rings is 3. The minimum absolute atomic E-state index is 0.673. The van der Waals surface area contributed by atoms with Crippen molar-refractivity contribution in [2.75, 3.05) is 24.9 Å². The van der Waals surface area contributed by atoms with E-state index < -0.39 is 0 Å². The Morgan fingerprint density at radius 1 is 0.852 bits per heavy atom. The van der Waals surface area contributed by atoms with Crippen LogP contribution in [0.2, 0.25) is 0 Å². The van der Waals surface area contributed by atoms with E-state index in [9.17, 15) is 0 Å². The lowest BCUT2D eigenvalue weighted by Crippen LogP contribution is -2.04. The Hall–Kier alpha value is -3.14. The summed E-state index contributed by atoms with van der Waals surface area (Å²) in [5.41, 5.74) is 7.25. The highest BCUT2D eigenvalue weighted by Gasteiger charge is 2.13. The Kier molecular flexibility index (Phi) is 4.88. The van der Waals surface area contributed by atoms with Crippen molar-refractivity contribution in [3.8, 4) is 11.5 Å². The second kappa shape index (κ2) is 7.62.